The number of piperazine rings is 1. The van der Waals surface area contributed by atoms with Gasteiger partial charge in [-0.2, -0.15) is 0 Å². The molecule has 7 heteroatoms. The molecule has 2 fully saturated rings. The van der Waals surface area contributed by atoms with Gasteiger partial charge in [0.15, 0.2) is 0 Å². The topological polar surface area (TPSA) is 55.8 Å². The maximum atomic E-state index is 12.3. The van der Waals surface area contributed by atoms with E-state index in [0.29, 0.717) is 34.5 Å². The number of amides is 1. The lowest BCUT2D eigenvalue weighted by atomic mass is 10.1. The zero-order chi connectivity index (χ0) is 16.4. The van der Waals surface area contributed by atoms with E-state index < -0.39 is 0 Å². The van der Waals surface area contributed by atoms with E-state index in [4.69, 9.17) is 23.2 Å². The van der Waals surface area contributed by atoms with Gasteiger partial charge in [0, 0.05) is 57.8 Å². The normalized spacial score (nSPS) is 19.7. The number of benzene rings is 1. The van der Waals surface area contributed by atoms with Gasteiger partial charge < -0.3 is 15.3 Å². The van der Waals surface area contributed by atoms with Crippen LogP contribution in [0.5, 0.6) is 5.75 Å². The van der Waals surface area contributed by atoms with E-state index in [-0.39, 0.29) is 11.7 Å². The fraction of sp³-hybridized carbons (Fsp3) is 0.562. The smallest absolute Gasteiger partial charge is 0.222 e. The molecule has 1 amide bonds. The molecule has 0 aliphatic carbocycles. The predicted molar refractivity (Wildman–Crippen MR) is 91.3 cm³/mol. The second-order valence-corrected chi connectivity index (χ2v) is 6.94. The molecule has 2 N–H and O–H groups in total. The van der Waals surface area contributed by atoms with Crippen LogP contribution in [0.1, 0.15) is 12.0 Å². The number of nitrogens with one attached hydrogen (secondary N) is 1. The number of nitrogens with zero attached hydrogens (tertiary/aromatic N) is 2. The highest BCUT2D eigenvalue weighted by Crippen LogP contribution is 2.30. The van der Waals surface area contributed by atoms with Crippen molar-refractivity contribution in [2.75, 3.05) is 39.3 Å². The minimum atomic E-state index is 0.0921. The number of carbonyl (C=O) groups is 1. The van der Waals surface area contributed by atoms with Gasteiger partial charge in [-0.3, -0.25) is 9.69 Å². The van der Waals surface area contributed by atoms with Crippen LogP contribution < -0.4 is 5.32 Å². The maximum Gasteiger partial charge on any atom is 0.222 e. The number of halogens is 2. The molecule has 0 aromatic heterocycles. The number of hydrogen-bond acceptors (Lipinski definition) is 4. The largest absolute Gasteiger partial charge is 0.508 e. The number of hydrogen-bond donors (Lipinski definition) is 2. The Morgan fingerprint density at radius 3 is 2.43 bits per heavy atom. The van der Waals surface area contributed by atoms with Crippen molar-refractivity contribution in [1.82, 2.24) is 15.1 Å². The molecule has 2 saturated heterocycles. The van der Waals surface area contributed by atoms with Crippen LogP contribution in [0.2, 0.25) is 10.0 Å². The molecular weight excluding hydrogens is 337 g/mol. The summed E-state index contributed by atoms with van der Waals surface area (Å²) in [5, 5.41) is 13.9. The summed E-state index contributed by atoms with van der Waals surface area (Å²) in [5.74, 6) is 0.219. The standard InChI is InChI=1S/C16H21Cl2N3O2/c17-13-7-11(15(22)8-14(13)18)1-2-16(23)21-5-3-20(4-6-21)12-9-19-10-12/h7-8,12,19,22H,1-6,9-10H2. The molecule has 0 radical (unpaired) electrons. The van der Waals surface area contributed by atoms with Gasteiger partial charge in [0.2, 0.25) is 5.91 Å². The Kier molecular flexibility index (Phi) is 5.31. The van der Waals surface area contributed by atoms with Crippen molar-refractivity contribution in [3.8, 4) is 5.75 Å². The summed E-state index contributed by atoms with van der Waals surface area (Å²) in [4.78, 5) is 16.7. The SMILES string of the molecule is O=C(CCc1cc(Cl)c(Cl)cc1O)N1CCN(C2CNC2)CC1. The molecule has 0 saturated carbocycles. The lowest BCUT2D eigenvalue weighted by molar-refractivity contribution is -0.133. The summed E-state index contributed by atoms with van der Waals surface area (Å²) in [6, 6.07) is 3.70. The zero-order valence-corrected chi connectivity index (χ0v) is 14.4. The Labute approximate surface area is 146 Å². The van der Waals surface area contributed by atoms with Crippen molar-refractivity contribution < 1.29 is 9.90 Å². The molecule has 0 unspecified atom stereocenters. The molecule has 0 bridgehead atoms. The second kappa shape index (κ2) is 7.26. The van der Waals surface area contributed by atoms with Crippen LogP contribution in [0.3, 0.4) is 0 Å². The molecule has 2 aliphatic rings. The fourth-order valence-corrected chi connectivity index (χ4v) is 3.39. The van der Waals surface area contributed by atoms with Crippen molar-refractivity contribution >= 4 is 29.1 Å². The summed E-state index contributed by atoms with van der Waals surface area (Å²) in [7, 11) is 0. The van der Waals surface area contributed by atoms with Gasteiger partial charge in [0.25, 0.3) is 0 Å². The monoisotopic (exact) mass is 357 g/mol. The molecule has 1 aromatic carbocycles. The predicted octanol–water partition coefficient (Wildman–Crippen LogP) is 1.75. The van der Waals surface area contributed by atoms with Crippen LogP contribution in [-0.2, 0) is 11.2 Å². The minimum Gasteiger partial charge on any atom is -0.508 e. The summed E-state index contributed by atoms with van der Waals surface area (Å²) < 4.78 is 0. The molecule has 5 nitrogen and oxygen atoms in total. The average molecular weight is 358 g/mol. The molecular formula is C16H21Cl2N3O2. The number of phenolic OH excluding ortho intramolecular Hbond substituents is 1. The molecule has 2 aliphatic heterocycles. The highest BCUT2D eigenvalue weighted by Gasteiger charge is 2.29. The first kappa shape index (κ1) is 16.8. The van der Waals surface area contributed by atoms with Crippen molar-refractivity contribution in [3.63, 3.8) is 0 Å². The van der Waals surface area contributed by atoms with E-state index in [0.717, 1.165) is 39.3 Å². The number of phenols is 1. The van der Waals surface area contributed by atoms with Crippen molar-refractivity contribution in [1.29, 1.82) is 0 Å². The lowest BCUT2D eigenvalue weighted by Gasteiger charge is -2.43. The van der Waals surface area contributed by atoms with Crippen molar-refractivity contribution in [2.45, 2.75) is 18.9 Å². The van der Waals surface area contributed by atoms with E-state index in [1.165, 1.54) is 6.07 Å². The Bertz CT molecular complexity index is 585. The lowest BCUT2D eigenvalue weighted by Crippen LogP contribution is -2.62. The van der Waals surface area contributed by atoms with E-state index in [1.807, 2.05) is 4.90 Å². The van der Waals surface area contributed by atoms with Gasteiger partial charge in [-0.1, -0.05) is 23.2 Å². The summed E-state index contributed by atoms with van der Waals surface area (Å²) >= 11 is 11.8. The van der Waals surface area contributed by atoms with Gasteiger partial charge >= 0.3 is 0 Å². The highest BCUT2D eigenvalue weighted by molar-refractivity contribution is 6.42. The maximum absolute atomic E-state index is 12.3. The third-order valence-corrected chi connectivity index (χ3v) is 5.40. The highest BCUT2D eigenvalue weighted by atomic mass is 35.5. The van der Waals surface area contributed by atoms with Crippen LogP contribution in [-0.4, -0.2) is 66.1 Å². The minimum absolute atomic E-state index is 0.0921. The Balaban J connectivity index is 1.49. The van der Waals surface area contributed by atoms with Crippen LogP contribution in [0, 0.1) is 0 Å². The second-order valence-electron chi connectivity index (χ2n) is 6.12. The van der Waals surface area contributed by atoms with E-state index >= 15 is 0 Å². The summed E-state index contributed by atoms with van der Waals surface area (Å²) in [6.45, 7) is 5.56. The van der Waals surface area contributed by atoms with Crippen molar-refractivity contribution in [2.24, 2.45) is 0 Å². The first-order valence-corrected chi connectivity index (χ1v) is 8.69. The number of rotatable bonds is 4. The van der Waals surface area contributed by atoms with Crippen molar-refractivity contribution in [3.05, 3.63) is 27.7 Å². The van der Waals surface area contributed by atoms with Crippen LogP contribution in [0.25, 0.3) is 0 Å². The van der Waals surface area contributed by atoms with E-state index in [2.05, 4.69) is 10.2 Å². The van der Waals surface area contributed by atoms with E-state index in [9.17, 15) is 9.90 Å². The van der Waals surface area contributed by atoms with Gasteiger partial charge in [0.05, 0.1) is 10.0 Å². The third kappa shape index (κ3) is 3.91. The van der Waals surface area contributed by atoms with Gasteiger partial charge in [-0.05, 0) is 18.1 Å². The first-order chi connectivity index (χ1) is 11.0. The molecule has 0 atom stereocenters. The zero-order valence-electron chi connectivity index (χ0n) is 12.9. The summed E-state index contributed by atoms with van der Waals surface area (Å²) in [5.41, 5.74) is 0.659. The molecule has 23 heavy (non-hydrogen) atoms. The number of aromatic hydroxyl groups is 1. The first-order valence-electron chi connectivity index (χ1n) is 7.94. The number of carbonyl (C=O) groups excluding carboxylic acids is 1. The Morgan fingerprint density at radius 1 is 1.17 bits per heavy atom. The van der Waals surface area contributed by atoms with E-state index in [1.54, 1.807) is 6.07 Å². The number of aryl methyl sites for hydroxylation is 1. The average Bonchev–Trinajstić information content (AvgIpc) is 2.48. The third-order valence-electron chi connectivity index (χ3n) is 4.67. The van der Waals surface area contributed by atoms with Gasteiger partial charge in [-0.15, -0.1) is 0 Å². The molecule has 126 valence electrons. The molecule has 3 rings (SSSR count). The fourth-order valence-electron chi connectivity index (χ4n) is 3.05. The van der Waals surface area contributed by atoms with Crippen LogP contribution in [0.15, 0.2) is 12.1 Å². The van der Waals surface area contributed by atoms with Gasteiger partial charge in [0.1, 0.15) is 5.75 Å². The Hall–Kier alpha value is -1.01. The molecule has 2 heterocycles. The Morgan fingerprint density at radius 2 is 1.83 bits per heavy atom. The van der Waals surface area contributed by atoms with Gasteiger partial charge in [-0.25, -0.2) is 0 Å². The quantitative estimate of drug-likeness (QED) is 0.861. The van der Waals surface area contributed by atoms with Crippen LogP contribution in [0.4, 0.5) is 0 Å². The summed E-state index contributed by atoms with van der Waals surface area (Å²) in [6.07, 6.45) is 0.838. The van der Waals surface area contributed by atoms with Crippen LogP contribution >= 0.6 is 23.2 Å². The molecule has 0 spiro atoms. The molecule has 1 aromatic rings.